The van der Waals surface area contributed by atoms with Crippen LogP contribution >= 0.6 is 0 Å². The Kier molecular flexibility index (Phi) is 4.79. The standard InChI is InChI=1S/C12H16O4/c1-4-9(2)15-16-12(13)10-6-5-7-11(8-10)14-3/h5-9H,4H2,1-3H3. The summed E-state index contributed by atoms with van der Waals surface area (Å²) in [6.45, 7) is 3.78. The Labute approximate surface area is 95.1 Å². The van der Waals surface area contributed by atoms with E-state index in [1.54, 1.807) is 31.4 Å². The molecule has 0 aliphatic carbocycles. The van der Waals surface area contributed by atoms with Gasteiger partial charge in [-0.1, -0.05) is 13.0 Å². The fraction of sp³-hybridized carbons (Fsp3) is 0.417. The maximum Gasteiger partial charge on any atom is 0.373 e. The fourth-order valence-corrected chi connectivity index (χ4v) is 0.992. The first kappa shape index (κ1) is 12.5. The molecule has 0 aliphatic heterocycles. The first-order valence-electron chi connectivity index (χ1n) is 5.19. The van der Waals surface area contributed by atoms with E-state index in [0.717, 1.165) is 6.42 Å². The van der Waals surface area contributed by atoms with Gasteiger partial charge in [0.2, 0.25) is 0 Å². The van der Waals surface area contributed by atoms with Crippen molar-refractivity contribution in [2.75, 3.05) is 7.11 Å². The van der Waals surface area contributed by atoms with E-state index >= 15 is 0 Å². The zero-order valence-electron chi connectivity index (χ0n) is 9.73. The maximum atomic E-state index is 11.5. The molecule has 0 aromatic heterocycles. The molecule has 0 saturated carbocycles. The second-order valence-electron chi connectivity index (χ2n) is 3.42. The molecule has 4 heteroatoms. The van der Waals surface area contributed by atoms with E-state index in [9.17, 15) is 4.79 Å². The van der Waals surface area contributed by atoms with Crippen molar-refractivity contribution in [1.82, 2.24) is 0 Å². The molecule has 88 valence electrons. The van der Waals surface area contributed by atoms with Crippen molar-refractivity contribution in [3.63, 3.8) is 0 Å². The van der Waals surface area contributed by atoms with Crippen LogP contribution in [0.1, 0.15) is 30.6 Å². The monoisotopic (exact) mass is 224 g/mol. The molecule has 16 heavy (non-hydrogen) atoms. The molecule has 0 aliphatic rings. The Balaban J connectivity index is 2.58. The molecule has 0 radical (unpaired) electrons. The number of benzene rings is 1. The van der Waals surface area contributed by atoms with Crippen LogP contribution in [0.25, 0.3) is 0 Å². The van der Waals surface area contributed by atoms with Crippen LogP contribution in [0.3, 0.4) is 0 Å². The topological polar surface area (TPSA) is 44.8 Å². The number of methoxy groups -OCH3 is 1. The van der Waals surface area contributed by atoms with Gasteiger partial charge < -0.3 is 4.74 Å². The lowest BCUT2D eigenvalue weighted by atomic mass is 10.2. The Morgan fingerprint density at radius 2 is 2.19 bits per heavy atom. The van der Waals surface area contributed by atoms with Gasteiger partial charge in [0.25, 0.3) is 0 Å². The van der Waals surface area contributed by atoms with Gasteiger partial charge >= 0.3 is 5.97 Å². The van der Waals surface area contributed by atoms with Crippen molar-refractivity contribution in [3.05, 3.63) is 29.8 Å². The number of hydrogen-bond acceptors (Lipinski definition) is 4. The third-order valence-corrected chi connectivity index (χ3v) is 2.17. The van der Waals surface area contributed by atoms with E-state index in [0.29, 0.717) is 11.3 Å². The minimum absolute atomic E-state index is 0.102. The van der Waals surface area contributed by atoms with Crippen molar-refractivity contribution in [3.8, 4) is 5.75 Å². The summed E-state index contributed by atoms with van der Waals surface area (Å²) in [6, 6.07) is 6.72. The number of rotatable bonds is 5. The van der Waals surface area contributed by atoms with Crippen molar-refractivity contribution in [1.29, 1.82) is 0 Å². The van der Waals surface area contributed by atoms with Crippen LogP contribution in [-0.2, 0) is 9.78 Å². The van der Waals surface area contributed by atoms with E-state index in [1.165, 1.54) is 0 Å². The smallest absolute Gasteiger partial charge is 0.373 e. The minimum Gasteiger partial charge on any atom is -0.497 e. The van der Waals surface area contributed by atoms with Crippen LogP contribution in [0.5, 0.6) is 5.75 Å². The lowest BCUT2D eigenvalue weighted by molar-refractivity contribution is -0.270. The van der Waals surface area contributed by atoms with Crippen molar-refractivity contribution < 1.29 is 19.3 Å². The van der Waals surface area contributed by atoms with Gasteiger partial charge in [0.05, 0.1) is 12.7 Å². The second kappa shape index (κ2) is 6.12. The normalized spacial score (nSPS) is 11.9. The predicted octanol–water partition coefficient (Wildman–Crippen LogP) is 2.58. The van der Waals surface area contributed by atoms with Gasteiger partial charge in [-0.2, -0.15) is 4.89 Å². The first-order chi connectivity index (χ1) is 7.67. The summed E-state index contributed by atoms with van der Waals surface area (Å²) in [5.74, 6) is 0.0946. The highest BCUT2D eigenvalue weighted by atomic mass is 17.2. The SMILES string of the molecule is CCC(C)OOC(=O)c1cccc(OC)c1. The van der Waals surface area contributed by atoms with E-state index in [-0.39, 0.29) is 6.10 Å². The van der Waals surface area contributed by atoms with Crippen molar-refractivity contribution in [2.45, 2.75) is 26.4 Å². The van der Waals surface area contributed by atoms with E-state index in [2.05, 4.69) is 4.89 Å². The van der Waals surface area contributed by atoms with Gasteiger partial charge in [0, 0.05) is 0 Å². The molecule has 0 N–H and O–H groups in total. The number of ether oxygens (including phenoxy) is 1. The fourth-order valence-electron chi connectivity index (χ4n) is 0.992. The van der Waals surface area contributed by atoms with Crippen LogP contribution in [0, 0.1) is 0 Å². The summed E-state index contributed by atoms with van der Waals surface area (Å²) >= 11 is 0. The Bertz CT molecular complexity index is 349. The molecule has 0 heterocycles. The molecule has 1 aromatic carbocycles. The predicted molar refractivity (Wildman–Crippen MR) is 59.2 cm³/mol. The molecule has 0 fully saturated rings. The molecule has 1 atom stereocenters. The summed E-state index contributed by atoms with van der Waals surface area (Å²) in [5.41, 5.74) is 0.405. The van der Waals surface area contributed by atoms with Gasteiger partial charge in [0.1, 0.15) is 11.9 Å². The van der Waals surface area contributed by atoms with Gasteiger partial charge in [-0.15, -0.1) is 0 Å². The van der Waals surface area contributed by atoms with Gasteiger partial charge in [-0.3, -0.25) is 4.89 Å². The summed E-state index contributed by atoms with van der Waals surface area (Å²) in [7, 11) is 1.54. The van der Waals surface area contributed by atoms with Crippen LogP contribution in [0.4, 0.5) is 0 Å². The highest BCUT2D eigenvalue weighted by Gasteiger charge is 2.11. The molecular formula is C12H16O4. The average molecular weight is 224 g/mol. The van der Waals surface area contributed by atoms with Crippen LogP contribution < -0.4 is 4.74 Å². The molecule has 4 nitrogen and oxygen atoms in total. The highest BCUT2D eigenvalue weighted by molar-refractivity contribution is 5.89. The molecule has 0 bridgehead atoms. The summed E-state index contributed by atoms with van der Waals surface area (Å²) in [5, 5.41) is 0. The van der Waals surface area contributed by atoms with Crippen molar-refractivity contribution in [2.24, 2.45) is 0 Å². The summed E-state index contributed by atoms with van der Waals surface area (Å²) < 4.78 is 5.00. The minimum atomic E-state index is -0.515. The molecule has 1 aromatic rings. The zero-order chi connectivity index (χ0) is 12.0. The van der Waals surface area contributed by atoms with Crippen LogP contribution in [0.2, 0.25) is 0 Å². The average Bonchev–Trinajstić information content (AvgIpc) is 2.35. The van der Waals surface area contributed by atoms with Gasteiger partial charge in [0.15, 0.2) is 0 Å². The molecule has 0 spiro atoms. The lowest BCUT2D eigenvalue weighted by Crippen LogP contribution is -2.12. The Hall–Kier alpha value is -1.55. The maximum absolute atomic E-state index is 11.5. The summed E-state index contributed by atoms with van der Waals surface area (Å²) in [6.07, 6.45) is 0.681. The third-order valence-electron chi connectivity index (χ3n) is 2.17. The van der Waals surface area contributed by atoms with E-state index in [4.69, 9.17) is 9.62 Å². The third kappa shape index (κ3) is 3.55. The van der Waals surface area contributed by atoms with Gasteiger partial charge in [-0.05, 0) is 31.5 Å². The molecule has 1 unspecified atom stereocenters. The highest BCUT2D eigenvalue weighted by Crippen LogP contribution is 2.13. The Morgan fingerprint density at radius 3 is 2.81 bits per heavy atom. The van der Waals surface area contributed by atoms with Crippen LogP contribution in [-0.4, -0.2) is 19.2 Å². The first-order valence-corrected chi connectivity index (χ1v) is 5.19. The zero-order valence-corrected chi connectivity index (χ0v) is 9.73. The molecule has 1 rings (SSSR count). The Morgan fingerprint density at radius 1 is 1.44 bits per heavy atom. The largest absolute Gasteiger partial charge is 0.497 e. The van der Waals surface area contributed by atoms with E-state index in [1.807, 2.05) is 13.8 Å². The van der Waals surface area contributed by atoms with E-state index < -0.39 is 5.97 Å². The second-order valence-corrected chi connectivity index (χ2v) is 3.42. The number of carbonyl (C=O) groups is 1. The summed E-state index contributed by atoms with van der Waals surface area (Å²) in [4.78, 5) is 21.1. The lowest BCUT2D eigenvalue weighted by Gasteiger charge is -2.08. The van der Waals surface area contributed by atoms with Crippen molar-refractivity contribution >= 4 is 5.97 Å². The van der Waals surface area contributed by atoms with Crippen LogP contribution in [0.15, 0.2) is 24.3 Å². The number of carbonyl (C=O) groups excluding carboxylic acids is 1. The molecule has 0 amide bonds. The molecular weight excluding hydrogens is 208 g/mol. The number of hydrogen-bond donors (Lipinski definition) is 0. The molecule has 0 saturated heterocycles. The van der Waals surface area contributed by atoms with Gasteiger partial charge in [-0.25, -0.2) is 4.79 Å². The quantitative estimate of drug-likeness (QED) is 0.569.